The molecule has 0 heterocycles. The highest BCUT2D eigenvalue weighted by atomic mass is 16.5. The maximum Gasteiger partial charge on any atom is 0.330 e. The number of benzene rings is 2. The third-order valence-corrected chi connectivity index (χ3v) is 4.33. The molecule has 0 atom stereocenters. The summed E-state index contributed by atoms with van der Waals surface area (Å²) in [6.07, 6.45) is 3.74. The number of aryl methyl sites for hydroxylation is 1. The molecule has 27 heavy (non-hydrogen) atoms. The smallest absolute Gasteiger partial charge is 0.330 e. The number of aromatic hydroxyl groups is 1. The van der Waals surface area contributed by atoms with Gasteiger partial charge in [0.05, 0.1) is 13.7 Å². The molecule has 0 amide bonds. The third-order valence-electron chi connectivity index (χ3n) is 4.33. The maximum atomic E-state index is 11.9. The zero-order chi connectivity index (χ0) is 20.0. The molecule has 1 N–H and O–H groups in total. The molecule has 4 nitrogen and oxygen atoms in total. The van der Waals surface area contributed by atoms with Crippen LogP contribution in [0.4, 0.5) is 0 Å². The third kappa shape index (κ3) is 5.88. The van der Waals surface area contributed by atoms with E-state index in [9.17, 15) is 9.90 Å². The van der Waals surface area contributed by atoms with Gasteiger partial charge >= 0.3 is 5.97 Å². The van der Waals surface area contributed by atoms with Crippen LogP contribution < -0.4 is 4.74 Å². The number of ether oxygens (including phenoxy) is 2. The van der Waals surface area contributed by atoms with Crippen molar-refractivity contribution in [3.05, 3.63) is 64.7 Å². The Morgan fingerprint density at radius 3 is 2.41 bits per heavy atom. The highest BCUT2D eigenvalue weighted by molar-refractivity contribution is 5.87. The first kappa shape index (κ1) is 20.6. The van der Waals surface area contributed by atoms with Gasteiger partial charge in [0.25, 0.3) is 0 Å². The summed E-state index contributed by atoms with van der Waals surface area (Å²) in [4.78, 5) is 11.9. The van der Waals surface area contributed by atoms with Gasteiger partial charge in [-0.25, -0.2) is 4.79 Å². The number of carbonyl (C=O) groups excluding carboxylic acids is 1. The van der Waals surface area contributed by atoms with Gasteiger partial charge in [-0.1, -0.05) is 45.0 Å². The first-order valence-corrected chi connectivity index (χ1v) is 9.02. The molecule has 0 aliphatic rings. The highest BCUT2D eigenvalue weighted by Gasteiger charge is 2.20. The Kier molecular flexibility index (Phi) is 6.67. The summed E-state index contributed by atoms with van der Waals surface area (Å²) in [6.45, 7) is 8.37. The van der Waals surface area contributed by atoms with Crippen molar-refractivity contribution in [3.63, 3.8) is 0 Å². The van der Waals surface area contributed by atoms with E-state index in [0.717, 1.165) is 28.0 Å². The van der Waals surface area contributed by atoms with E-state index in [4.69, 9.17) is 9.47 Å². The van der Waals surface area contributed by atoms with E-state index in [-0.39, 0.29) is 11.4 Å². The lowest BCUT2D eigenvalue weighted by atomic mass is 9.84. The van der Waals surface area contributed by atoms with Gasteiger partial charge < -0.3 is 14.6 Å². The molecule has 2 aromatic rings. The number of hydrogen-bond acceptors (Lipinski definition) is 4. The van der Waals surface area contributed by atoms with E-state index < -0.39 is 0 Å². The normalized spacial score (nSPS) is 11.6. The second-order valence-corrected chi connectivity index (χ2v) is 7.58. The van der Waals surface area contributed by atoms with Crippen LogP contribution in [0.5, 0.6) is 11.5 Å². The predicted octanol–water partition coefficient (Wildman–Crippen LogP) is 4.81. The molecular formula is C23H28O4. The quantitative estimate of drug-likeness (QED) is 0.587. The molecule has 0 bridgehead atoms. The Morgan fingerprint density at radius 1 is 1.15 bits per heavy atom. The Morgan fingerprint density at radius 2 is 1.81 bits per heavy atom. The summed E-state index contributed by atoms with van der Waals surface area (Å²) in [6, 6.07) is 11.3. The van der Waals surface area contributed by atoms with Crippen LogP contribution in [0.15, 0.2) is 42.5 Å². The van der Waals surface area contributed by atoms with E-state index >= 15 is 0 Å². The molecule has 4 heteroatoms. The fourth-order valence-electron chi connectivity index (χ4n) is 2.77. The first-order chi connectivity index (χ1) is 12.7. The number of rotatable bonds is 6. The van der Waals surface area contributed by atoms with E-state index in [1.165, 1.54) is 6.08 Å². The average Bonchev–Trinajstić information content (AvgIpc) is 2.62. The van der Waals surface area contributed by atoms with Gasteiger partial charge in [0, 0.05) is 12.5 Å². The minimum absolute atomic E-state index is 0.150. The van der Waals surface area contributed by atoms with Crippen molar-refractivity contribution in [1.82, 2.24) is 0 Å². The average molecular weight is 368 g/mol. The fraction of sp³-hybridized carbons (Fsp3) is 0.348. The lowest BCUT2D eigenvalue weighted by Gasteiger charge is -2.22. The van der Waals surface area contributed by atoms with Crippen LogP contribution in [0, 0.1) is 6.92 Å². The van der Waals surface area contributed by atoms with Crippen molar-refractivity contribution in [2.75, 3.05) is 13.7 Å². The van der Waals surface area contributed by atoms with Crippen molar-refractivity contribution in [3.8, 4) is 11.5 Å². The van der Waals surface area contributed by atoms with Crippen molar-refractivity contribution in [2.24, 2.45) is 0 Å². The van der Waals surface area contributed by atoms with Gasteiger partial charge in [0.15, 0.2) is 0 Å². The molecule has 0 fully saturated rings. The lowest BCUT2D eigenvalue weighted by molar-refractivity contribution is -0.137. The Hall–Kier alpha value is -2.75. The Labute approximate surface area is 161 Å². The highest BCUT2D eigenvalue weighted by Crippen LogP contribution is 2.34. The van der Waals surface area contributed by atoms with E-state index in [1.54, 1.807) is 13.2 Å². The summed E-state index contributed by atoms with van der Waals surface area (Å²) in [7, 11) is 1.61. The monoisotopic (exact) mass is 368 g/mol. The molecule has 0 saturated carbocycles. The zero-order valence-corrected chi connectivity index (χ0v) is 16.7. The van der Waals surface area contributed by atoms with Crippen LogP contribution in [-0.2, 0) is 21.4 Å². The van der Waals surface area contributed by atoms with Gasteiger partial charge in [-0.05, 0) is 52.8 Å². The molecule has 2 rings (SSSR count). The minimum Gasteiger partial charge on any atom is -0.507 e. The number of hydrogen-bond donors (Lipinski definition) is 1. The van der Waals surface area contributed by atoms with E-state index in [1.807, 2.05) is 43.3 Å². The van der Waals surface area contributed by atoms with Gasteiger partial charge in [0.1, 0.15) is 11.5 Å². The van der Waals surface area contributed by atoms with Gasteiger partial charge in [-0.2, -0.15) is 0 Å². The first-order valence-electron chi connectivity index (χ1n) is 9.02. The van der Waals surface area contributed by atoms with Crippen molar-refractivity contribution >= 4 is 12.0 Å². The van der Waals surface area contributed by atoms with Crippen LogP contribution in [-0.4, -0.2) is 24.8 Å². The lowest BCUT2D eigenvalue weighted by Crippen LogP contribution is -2.13. The van der Waals surface area contributed by atoms with Crippen molar-refractivity contribution < 1.29 is 19.4 Å². The molecule has 0 saturated heterocycles. The second kappa shape index (κ2) is 8.76. The molecule has 144 valence electrons. The van der Waals surface area contributed by atoms with E-state index in [2.05, 4.69) is 20.8 Å². The molecule has 2 aromatic carbocycles. The molecule has 0 spiro atoms. The molecular weight excluding hydrogens is 340 g/mol. The number of carbonyl (C=O) groups is 1. The zero-order valence-electron chi connectivity index (χ0n) is 16.7. The van der Waals surface area contributed by atoms with Crippen molar-refractivity contribution in [1.29, 1.82) is 0 Å². The van der Waals surface area contributed by atoms with Crippen LogP contribution >= 0.6 is 0 Å². The summed E-state index contributed by atoms with van der Waals surface area (Å²) in [5.74, 6) is 0.733. The van der Waals surface area contributed by atoms with E-state index in [0.29, 0.717) is 18.8 Å². The Balaban J connectivity index is 1.92. The summed E-state index contributed by atoms with van der Waals surface area (Å²) < 4.78 is 10.4. The topological polar surface area (TPSA) is 55.8 Å². The summed E-state index contributed by atoms with van der Waals surface area (Å²) in [5, 5.41) is 10.3. The fourth-order valence-corrected chi connectivity index (χ4v) is 2.77. The summed E-state index contributed by atoms with van der Waals surface area (Å²) >= 11 is 0. The molecule has 0 radical (unpaired) electrons. The minimum atomic E-state index is -0.377. The SMILES string of the molecule is COc1ccc(C=CC(=O)OCCc2cc(C)c(O)c(C(C)(C)C)c2)cc1. The Bertz CT molecular complexity index is 812. The molecule has 0 aliphatic carbocycles. The van der Waals surface area contributed by atoms with Crippen molar-refractivity contribution in [2.45, 2.75) is 39.5 Å². The molecule has 0 aromatic heterocycles. The summed E-state index contributed by atoms with van der Waals surface area (Å²) in [5.41, 5.74) is 3.54. The number of esters is 1. The number of methoxy groups -OCH3 is 1. The molecule has 0 aliphatic heterocycles. The number of phenols is 1. The van der Waals surface area contributed by atoms with Crippen LogP contribution in [0.2, 0.25) is 0 Å². The van der Waals surface area contributed by atoms with Crippen LogP contribution in [0.25, 0.3) is 6.08 Å². The predicted molar refractivity (Wildman–Crippen MR) is 108 cm³/mol. The largest absolute Gasteiger partial charge is 0.507 e. The number of phenolic OH excluding ortho intramolecular Hbond substituents is 1. The van der Waals surface area contributed by atoms with Crippen LogP contribution in [0.3, 0.4) is 0 Å². The molecule has 0 unspecified atom stereocenters. The second-order valence-electron chi connectivity index (χ2n) is 7.58. The van der Waals surface area contributed by atoms with Gasteiger partial charge in [-0.15, -0.1) is 0 Å². The maximum absolute atomic E-state index is 11.9. The van der Waals surface area contributed by atoms with Gasteiger partial charge in [-0.3, -0.25) is 0 Å². The standard InChI is InChI=1S/C23H28O4/c1-16-14-18(15-20(22(16)25)23(2,3)4)12-13-27-21(24)11-8-17-6-9-19(26-5)10-7-17/h6-11,14-15,25H,12-13H2,1-5H3. The van der Waals surface area contributed by atoms with Gasteiger partial charge in [0.2, 0.25) is 0 Å². The van der Waals surface area contributed by atoms with Crippen LogP contribution in [0.1, 0.15) is 43.0 Å².